The Hall–Kier alpha value is -3.64. The lowest BCUT2D eigenvalue weighted by Crippen LogP contribution is -2.54. The Morgan fingerprint density at radius 2 is 1.50 bits per heavy atom. The van der Waals surface area contributed by atoms with Crippen molar-refractivity contribution in [3.05, 3.63) is 29.3 Å². The van der Waals surface area contributed by atoms with E-state index in [1.165, 1.54) is 0 Å². The Bertz CT molecular complexity index is 1100. The number of nitrogens with one attached hydrogen (secondary N) is 2. The van der Waals surface area contributed by atoms with Crippen LogP contribution in [-0.4, -0.2) is 118 Å². The zero-order valence-electron chi connectivity index (χ0n) is 22.6. The summed E-state index contributed by atoms with van der Waals surface area (Å²) in [7, 11) is 0. The molecule has 1 aromatic rings. The summed E-state index contributed by atoms with van der Waals surface area (Å²) in [6, 6.07) is 3.92. The number of hydrogen-bond donors (Lipinski definition) is 4. The number of carboxylic acid groups (broad SMARTS) is 1. The third-order valence-corrected chi connectivity index (χ3v) is 5.65. The van der Waals surface area contributed by atoms with Gasteiger partial charge in [-0.3, -0.25) is 29.4 Å². The fourth-order valence-electron chi connectivity index (χ4n) is 3.77. The molecular weight excluding hydrogens is 573 g/mol. The topological polar surface area (TPSA) is 196 Å². The van der Waals surface area contributed by atoms with Crippen LogP contribution in [0.2, 0.25) is 0 Å². The van der Waals surface area contributed by atoms with E-state index in [4.69, 9.17) is 34.6 Å². The van der Waals surface area contributed by atoms with Crippen LogP contribution in [0.1, 0.15) is 33.6 Å². The first-order valence-electron chi connectivity index (χ1n) is 12.9. The SMILES string of the molecule is NCCOCCOCCOCCOCCNc1cccc2c1C(=O)N(C1CCC(=O)NC1=O)C2=O.O=C(O)C(F)(F)F. The molecular formula is C25H33F3N4O10. The molecule has 1 atom stereocenters. The molecule has 0 bridgehead atoms. The highest BCUT2D eigenvalue weighted by Gasteiger charge is 2.45. The molecule has 3 rings (SSSR count). The number of halogens is 3. The summed E-state index contributed by atoms with van der Waals surface area (Å²) in [6.07, 6.45) is -4.89. The summed E-state index contributed by atoms with van der Waals surface area (Å²) in [5.41, 5.74) is 6.26. The Morgan fingerprint density at radius 1 is 0.952 bits per heavy atom. The first-order valence-corrected chi connectivity index (χ1v) is 12.9. The highest BCUT2D eigenvalue weighted by atomic mass is 19.4. The summed E-state index contributed by atoms with van der Waals surface area (Å²) in [4.78, 5) is 59.3. The third kappa shape index (κ3) is 10.6. The predicted octanol–water partition coefficient (Wildman–Crippen LogP) is 0.158. The number of carbonyl (C=O) groups is 5. The van der Waals surface area contributed by atoms with E-state index >= 15 is 0 Å². The van der Waals surface area contributed by atoms with Crippen molar-refractivity contribution in [2.45, 2.75) is 25.1 Å². The normalized spacial score (nSPS) is 16.6. The number of fused-ring (bicyclic) bond motifs is 1. The fraction of sp³-hybridized carbons (Fsp3) is 0.560. The molecule has 1 aromatic carbocycles. The van der Waals surface area contributed by atoms with Gasteiger partial charge in [-0.2, -0.15) is 13.2 Å². The second-order valence-electron chi connectivity index (χ2n) is 8.64. The van der Waals surface area contributed by atoms with E-state index in [2.05, 4.69) is 10.6 Å². The van der Waals surface area contributed by atoms with Crippen LogP contribution in [0.4, 0.5) is 18.9 Å². The molecule has 4 amide bonds. The molecule has 0 radical (unpaired) electrons. The number of benzene rings is 1. The summed E-state index contributed by atoms with van der Waals surface area (Å²) < 4.78 is 53.2. The molecule has 0 spiro atoms. The number of rotatable bonds is 16. The Balaban J connectivity index is 0.000000782. The monoisotopic (exact) mass is 606 g/mol. The number of anilines is 1. The van der Waals surface area contributed by atoms with Crippen LogP contribution in [0.25, 0.3) is 0 Å². The van der Waals surface area contributed by atoms with Crippen molar-refractivity contribution in [3.8, 4) is 0 Å². The minimum Gasteiger partial charge on any atom is -0.475 e. The van der Waals surface area contributed by atoms with Crippen molar-refractivity contribution in [1.29, 1.82) is 0 Å². The molecule has 2 aliphatic heterocycles. The zero-order valence-corrected chi connectivity index (χ0v) is 22.6. The third-order valence-electron chi connectivity index (χ3n) is 5.65. The van der Waals surface area contributed by atoms with Gasteiger partial charge in [0, 0.05) is 25.2 Å². The van der Waals surface area contributed by atoms with Gasteiger partial charge in [0.05, 0.1) is 64.0 Å². The largest absolute Gasteiger partial charge is 0.490 e. The zero-order chi connectivity index (χ0) is 31.1. The molecule has 0 aromatic heterocycles. The maximum Gasteiger partial charge on any atom is 0.490 e. The summed E-state index contributed by atoms with van der Waals surface area (Å²) in [6.45, 7) is 4.52. The summed E-state index contributed by atoms with van der Waals surface area (Å²) in [5, 5.41) is 12.4. The van der Waals surface area contributed by atoms with Gasteiger partial charge in [0.25, 0.3) is 11.8 Å². The van der Waals surface area contributed by atoms with E-state index in [9.17, 15) is 32.3 Å². The number of carbonyl (C=O) groups excluding carboxylic acids is 4. The van der Waals surface area contributed by atoms with E-state index in [0.29, 0.717) is 71.6 Å². The number of hydrogen-bond acceptors (Lipinski definition) is 11. The number of nitrogens with zero attached hydrogens (tertiary/aromatic N) is 1. The molecule has 1 fully saturated rings. The Morgan fingerprint density at radius 3 is 2.02 bits per heavy atom. The van der Waals surface area contributed by atoms with Gasteiger partial charge >= 0.3 is 12.1 Å². The van der Waals surface area contributed by atoms with Crippen molar-refractivity contribution >= 4 is 35.3 Å². The van der Waals surface area contributed by atoms with E-state index in [1.807, 2.05) is 0 Å². The number of ether oxygens (including phenoxy) is 4. The first-order chi connectivity index (χ1) is 20.0. The van der Waals surface area contributed by atoms with E-state index < -0.39 is 41.8 Å². The lowest BCUT2D eigenvalue weighted by Gasteiger charge is -2.27. The molecule has 17 heteroatoms. The minimum atomic E-state index is -5.08. The van der Waals surface area contributed by atoms with Crippen LogP contribution in [0.5, 0.6) is 0 Å². The second kappa shape index (κ2) is 17.3. The molecule has 2 aliphatic rings. The molecule has 1 saturated heterocycles. The predicted molar refractivity (Wildman–Crippen MR) is 138 cm³/mol. The number of nitrogens with two attached hydrogens (primary N) is 1. The number of aliphatic carboxylic acids is 1. The number of alkyl halides is 3. The van der Waals surface area contributed by atoms with Gasteiger partial charge in [-0.05, 0) is 18.6 Å². The number of piperidine rings is 1. The van der Waals surface area contributed by atoms with Gasteiger partial charge < -0.3 is 35.1 Å². The lowest BCUT2D eigenvalue weighted by atomic mass is 10.0. The van der Waals surface area contributed by atoms with Gasteiger partial charge in [-0.15, -0.1) is 0 Å². The number of imide groups is 2. The second-order valence-corrected chi connectivity index (χ2v) is 8.64. The van der Waals surface area contributed by atoms with Crippen molar-refractivity contribution in [1.82, 2.24) is 10.2 Å². The van der Waals surface area contributed by atoms with Gasteiger partial charge in [-0.25, -0.2) is 4.79 Å². The summed E-state index contributed by atoms with van der Waals surface area (Å²) in [5.74, 6) is -4.89. The number of carboxylic acids is 1. The van der Waals surface area contributed by atoms with Crippen LogP contribution in [0.15, 0.2) is 18.2 Å². The first kappa shape index (κ1) is 34.6. The lowest BCUT2D eigenvalue weighted by molar-refractivity contribution is -0.192. The Labute approximate surface area is 238 Å². The molecule has 1 unspecified atom stereocenters. The minimum absolute atomic E-state index is 0.0766. The van der Waals surface area contributed by atoms with E-state index in [0.717, 1.165) is 4.90 Å². The van der Waals surface area contributed by atoms with Crippen LogP contribution < -0.4 is 16.4 Å². The molecule has 234 valence electrons. The smallest absolute Gasteiger partial charge is 0.475 e. The van der Waals surface area contributed by atoms with Crippen molar-refractivity contribution in [3.63, 3.8) is 0 Å². The van der Waals surface area contributed by atoms with Crippen molar-refractivity contribution in [2.24, 2.45) is 5.73 Å². The van der Waals surface area contributed by atoms with E-state index in [1.54, 1.807) is 18.2 Å². The van der Waals surface area contributed by atoms with Gasteiger partial charge in [0.15, 0.2) is 0 Å². The van der Waals surface area contributed by atoms with Crippen LogP contribution in [0, 0.1) is 0 Å². The molecule has 0 aliphatic carbocycles. The molecule has 2 heterocycles. The maximum atomic E-state index is 13.0. The molecule has 5 N–H and O–H groups in total. The maximum absolute atomic E-state index is 13.0. The van der Waals surface area contributed by atoms with Gasteiger partial charge in [-0.1, -0.05) is 6.07 Å². The van der Waals surface area contributed by atoms with Crippen LogP contribution in [0.3, 0.4) is 0 Å². The van der Waals surface area contributed by atoms with Gasteiger partial charge in [0.2, 0.25) is 11.8 Å². The van der Waals surface area contributed by atoms with Gasteiger partial charge in [0.1, 0.15) is 6.04 Å². The average Bonchev–Trinajstić information content (AvgIpc) is 3.19. The molecule has 42 heavy (non-hydrogen) atoms. The highest BCUT2D eigenvalue weighted by Crippen LogP contribution is 2.32. The molecule has 0 saturated carbocycles. The average molecular weight is 607 g/mol. The quantitative estimate of drug-likeness (QED) is 0.147. The summed E-state index contributed by atoms with van der Waals surface area (Å²) >= 11 is 0. The number of amides is 4. The van der Waals surface area contributed by atoms with E-state index in [-0.39, 0.29) is 24.0 Å². The van der Waals surface area contributed by atoms with Crippen LogP contribution >= 0.6 is 0 Å². The fourth-order valence-corrected chi connectivity index (χ4v) is 3.77. The van der Waals surface area contributed by atoms with Crippen molar-refractivity contribution in [2.75, 3.05) is 71.3 Å². The molecule has 14 nitrogen and oxygen atoms in total. The standard InChI is InChI=1S/C23H32N4O8.C2HF3O2/c24-6-8-32-10-12-34-14-15-35-13-11-33-9-7-25-17-3-1-2-16-20(17)23(31)27(22(16)30)18-4-5-19(28)26-21(18)29;3-2(4,5)1(6)7/h1-3,18,25H,4-15,24H2,(H,26,28,29);(H,6,7). The Kier molecular flexibility index (Phi) is 14.3. The van der Waals surface area contributed by atoms with Crippen molar-refractivity contribution < 1.29 is 61.2 Å². The highest BCUT2D eigenvalue weighted by molar-refractivity contribution is 6.25. The van der Waals surface area contributed by atoms with Crippen LogP contribution in [-0.2, 0) is 33.3 Å².